The van der Waals surface area contributed by atoms with Crippen molar-refractivity contribution in [2.24, 2.45) is 7.05 Å². The quantitative estimate of drug-likeness (QED) is 0.754. The highest BCUT2D eigenvalue weighted by Gasteiger charge is 2.29. The van der Waals surface area contributed by atoms with E-state index in [9.17, 15) is 9.59 Å². The lowest BCUT2D eigenvalue weighted by molar-refractivity contribution is -0.139. The number of carbonyl (C=O) groups is 2. The summed E-state index contributed by atoms with van der Waals surface area (Å²) in [5.41, 5.74) is 2.10. The van der Waals surface area contributed by atoms with Gasteiger partial charge in [0.25, 0.3) is 0 Å². The van der Waals surface area contributed by atoms with Gasteiger partial charge in [0.1, 0.15) is 0 Å². The number of carbonyl (C=O) groups excluding carboxylic acids is 2. The molecule has 18 heavy (non-hydrogen) atoms. The van der Waals surface area contributed by atoms with Crippen LogP contribution in [0.5, 0.6) is 0 Å². The second-order valence-corrected chi connectivity index (χ2v) is 4.63. The molecule has 1 aromatic carbocycles. The van der Waals surface area contributed by atoms with Crippen LogP contribution in [0.15, 0.2) is 30.3 Å². The molecule has 92 valence electrons. The molecule has 3 rings (SSSR count). The van der Waals surface area contributed by atoms with Gasteiger partial charge < -0.3 is 4.57 Å². The lowest BCUT2D eigenvalue weighted by atomic mass is 10.2. The SMILES string of the molecule is Cn1c(CN2C(=O)CCC2=O)cc2ccccc21. The normalized spacial score (nSPS) is 15.9. The molecule has 4 nitrogen and oxygen atoms in total. The van der Waals surface area contributed by atoms with Crippen molar-refractivity contribution in [3.63, 3.8) is 0 Å². The van der Waals surface area contributed by atoms with Crippen LogP contribution in [0.2, 0.25) is 0 Å². The highest BCUT2D eigenvalue weighted by Crippen LogP contribution is 2.22. The molecule has 2 aromatic rings. The van der Waals surface area contributed by atoms with Crippen LogP contribution in [0.25, 0.3) is 10.9 Å². The van der Waals surface area contributed by atoms with Gasteiger partial charge in [-0.15, -0.1) is 0 Å². The summed E-state index contributed by atoms with van der Waals surface area (Å²) in [6, 6.07) is 10.1. The van der Waals surface area contributed by atoms with Crippen LogP contribution >= 0.6 is 0 Å². The van der Waals surface area contributed by atoms with Gasteiger partial charge in [0.05, 0.1) is 6.54 Å². The number of hydrogen-bond acceptors (Lipinski definition) is 2. The Balaban J connectivity index is 1.98. The summed E-state index contributed by atoms with van der Waals surface area (Å²) < 4.78 is 2.04. The maximum absolute atomic E-state index is 11.6. The van der Waals surface area contributed by atoms with Crippen molar-refractivity contribution in [2.75, 3.05) is 0 Å². The highest BCUT2D eigenvalue weighted by molar-refractivity contribution is 6.01. The van der Waals surface area contributed by atoms with E-state index in [4.69, 9.17) is 0 Å². The molecule has 1 fully saturated rings. The molecular weight excluding hydrogens is 228 g/mol. The number of nitrogens with zero attached hydrogens (tertiary/aromatic N) is 2. The lowest BCUT2D eigenvalue weighted by Crippen LogP contribution is -2.29. The smallest absolute Gasteiger partial charge is 0.230 e. The third kappa shape index (κ3) is 1.61. The van der Waals surface area contributed by atoms with E-state index in [1.807, 2.05) is 41.9 Å². The summed E-state index contributed by atoms with van der Waals surface area (Å²) in [6.45, 7) is 0.378. The molecule has 0 aliphatic carbocycles. The van der Waals surface area contributed by atoms with Crippen molar-refractivity contribution in [1.29, 1.82) is 0 Å². The Hall–Kier alpha value is -2.10. The standard InChI is InChI=1S/C14H14N2O2/c1-15-11(8-10-4-2-3-5-12(10)15)9-16-13(17)6-7-14(16)18/h2-5,8H,6-7,9H2,1H3. The van der Waals surface area contributed by atoms with Crippen molar-refractivity contribution in [2.45, 2.75) is 19.4 Å². The van der Waals surface area contributed by atoms with Gasteiger partial charge in [0, 0.05) is 31.1 Å². The van der Waals surface area contributed by atoms with Crippen molar-refractivity contribution in [1.82, 2.24) is 9.47 Å². The maximum Gasteiger partial charge on any atom is 0.230 e. The van der Waals surface area contributed by atoms with Crippen molar-refractivity contribution in [3.05, 3.63) is 36.0 Å². The number of aromatic nitrogens is 1. The van der Waals surface area contributed by atoms with E-state index in [1.54, 1.807) is 0 Å². The topological polar surface area (TPSA) is 42.3 Å². The van der Waals surface area contributed by atoms with Crippen molar-refractivity contribution in [3.8, 4) is 0 Å². The Morgan fingerprint density at radius 1 is 1.11 bits per heavy atom. The molecule has 4 heteroatoms. The van der Waals surface area contributed by atoms with E-state index in [1.165, 1.54) is 4.90 Å². The van der Waals surface area contributed by atoms with E-state index in [2.05, 4.69) is 0 Å². The van der Waals surface area contributed by atoms with Gasteiger partial charge in [-0.3, -0.25) is 14.5 Å². The third-order valence-corrected chi connectivity index (χ3v) is 3.53. The molecule has 1 aromatic heterocycles. The van der Waals surface area contributed by atoms with Crippen LogP contribution < -0.4 is 0 Å². The molecule has 1 aliphatic heterocycles. The summed E-state index contributed by atoms with van der Waals surface area (Å²) in [7, 11) is 1.96. The summed E-state index contributed by atoms with van der Waals surface area (Å²) in [5, 5.41) is 1.13. The Bertz CT molecular complexity index is 626. The molecule has 2 heterocycles. The van der Waals surface area contributed by atoms with E-state index < -0.39 is 0 Å². The van der Waals surface area contributed by atoms with Crippen molar-refractivity contribution >= 4 is 22.7 Å². The first-order valence-corrected chi connectivity index (χ1v) is 6.03. The number of fused-ring (bicyclic) bond motifs is 1. The Morgan fingerprint density at radius 3 is 2.44 bits per heavy atom. The van der Waals surface area contributed by atoms with Crippen LogP contribution in [0, 0.1) is 0 Å². The molecule has 0 radical (unpaired) electrons. The molecule has 0 unspecified atom stereocenters. The monoisotopic (exact) mass is 242 g/mol. The third-order valence-electron chi connectivity index (χ3n) is 3.53. The van der Waals surface area contributed by atoms with Gasteiger partial charge in [-0.1, -0.05) is 18.2 Å². The van der Waals surface area contributed by atoms with E-state index >= 15 is 0 Å². The summed E-state index contributed by atoms with van der Waals surface area (Å²) in [6.07, 6.45) is 0.700. The van der Waals surface area contributed by atoms with Crippen LogP contribution in [0.3, 0.4) is 0 Å². The minimum Gasteiger partial charge on any atom is -0.346 e. The fourth-order valence-electron chi connectivity index (χ4n) is 2.46. The zero-order valence-electron chi connectivity index (χ0n) is 10.2. The lowest BCUT2D eigenvalue weighted by Gasteiger charge is -2.14. The average Bonchev–Trinajstić information content (AvgIpc) is 2.85. The summed E-state index contributed by atoms with van der Waals surface area (Å²) >= 11 is 0. The Labute approximate surface area is 105 Å². The van der Waals surface area contributed by atoms with Gasteiger partial charge in [-0.25, -0.2) is 0 Å². The van der Waals surface area contributed by atoms with Crippen LogP contribution in [0.4, 0.5) is 0 Å². The fraction of sp³-hybridized carbons (Fsp3) is 0.286. The molecule has 2 amide bonds. The number of likely N-dealkylation sites (tertiary alicyclic amines) is 1. The highest BCUT2D eigenvalue weighted by atomic mass is 16.2. The van der Waals surface area contributed by atoms with Gasteiger partial charge in [-0.05, 0) is 17.5 Å². The summed E-state index contributed by atoms with van der Waals surface area (Å²) in [4.78, 5) is 24.6. The molecule has 0 bridgehead atoms. The van der Waals surface area contributed by atoms with Gasteiger partial charge in [0.15, 0.2) is 0 Å². The molecule has 0 atom stereocenters. The first kappa shape index (κ1) is 11.0. The second-order valence-electron chi connectivity index (χ2n) is 4.63. The number of hydrogen-bond donors (Lipinski definition) is 0. The molecule has 1 aliphatic rings. The first-order valence-electron chi connectivity index (χ1n) is 6.03. The molecular formula is C14H14N2O2. The number of aryl methyl sites for hydroxylation is 1. The Morgan fingerprint density at radius 2 is 1.78 bits per heavy atom. The molecule has 0 N–H and O–H groups in total. The van der Waals surface area contributed by atoms with Crippen LogP contribution in [-0.4, -0.2) is 21.3 Å². The average molecular weight is 242 g/mol. The minimum atomic E-state index is -0.0646. The van der Waals surface area contributed by atoms with E-state index in [-0.39, 0.29) is 11.8 Å². The number of para-hydroxylation sites is 1. The van der Waals surface area contributed by atoms with E-state index in [0.717, 1.165) is 16.6 Å². The number of benzene rings is 1. The fourth-order valence-corrected chi connectivity index (χ4v) is 2.46. The van der Waals surface area contributed by atoms with E-state index in [0.29, 0.717) is 19.4 Å². The maximum atomic E-state index is 11.6. The number of rotatable bonds is 2. The number of imide groups is 1. The van der Waals surface area contributed by atoms with Gasteiger partial charge in [-0.2, -0.15) is 0 Å². The van der Waals surface area contributed by atoms with Crippen LogP contribution in [-0.2, 0) is 23.2 Å². The van der Waals surface area contributed by atoms with Crippen LogP contribution in [0.1, 0.15) is 18.5 Å². The second kappa shape index (κ2) is 3.98. The number of amides is 2. The first-order chi connectivity index (χ1) is 8.66. The Kier molecular flexibility index (Phi) is 2.44. The molecule has 0 spiro atoms. The summed E-state index contributed by atoms with van der Waals surface area (Å²) in [5.74, 6) is -0.129. The molecule has 0 saturated carbocycles. The largest absolute Gasteiger partial charge is 0.346 e. The minimum absolute atomic E-state index is 0.0646. The zero-order valence-corrected chi connectivity index (χ0v) is 10.2. The molecule has 1 saturated heterocycles. The predicted octanol–water partition coefficient (Wildman–Crippen LogP) is 1.83. The zero-order chi connectivity index (χ0) is 12.7. The van der Waals surface area contributed by atoms with Gasteiger partial charge in [0.2, 0.25) is 11.8 Å². The van der Waals surface area contributed by atoms with Crippen molar-refractivity contribution < 1.29 is 9.59 Å². The predicted molar refractivity (Wildman–Crippen MR) is 67.7 cm³/mol. The van der Waals surface area contributed by atoms with Gasteiger partial charge >= 0.3 is 0 Å².